The largest absolute Gasteiger partial charge is 0.381 e. The first-order chi connectivity index (χ1) is 13.3. The summed E-state index contributed by atoms with van der Waals surface area (Å²) >= 11 is 0. The van der Waals surface area contributed by atoms with Crippen molar-refractivity contribution in [2.75, 3.05) is 64.5 Å². The van der Waals surface area contributed by atoms with Gasteiger partial charge in [-0.15, -0.1) is 24.0 Å². The molecule has 0 amide bonds. The molecule has 2 fully saturated rings. The summed E-state index contributed by atoms with van der Waals surface area (Å²) < 4.78 is 24.3. The number of halogens is 2. The Balaban J connectivity index is 0.00000280. The number of hydrogen-bond donors (Lipinski definition) is 1. The number of benzene rings is 1. The average Bonchev–Trinajstić information content (AvgIpc) is 2.72. The van der Waals surface area contributed by atoms with Crippen LogP contribution in [0.3, 0.4) is 0 Å². The number of anilines is 1. The van der Waals surface area contributed by atoms with Crippen LogP contribution in [0.5, 0.6) is 0 Å². The Morgan fingerprint density at radius 1 is 1.18 bits per heavy atom. The first-order valence-corrected chi connectivity index (χ1v) is 9.92. The average molecular weight is 506 g/mol. The predicted octanol–water partition coefficient (Wildman–Crippen LogP) is 2.73. The fraction of sp³-hybridized carbons (Fsp3) is 0.650. The second-order valence-corrected chi connectivity index (χ2v) is 6.96. The summed E-state index contributed by atoms with van der Waals surface area (Å²) in [5.74, 6) is 0.752. The quantitative estimate of drug-likeness (QED) is 0.279. The second kappa shape index (κ2) is 12.4. The molecule has 2 saturated heterocycles. The maximum absolute atomic E-state index is 13.1. The van der Waals surface area contributed by atoms with Gasteiger partial charge in [0.05, 0.1) is 6.10 Å². The number of nitrogens with zero attached hydrogens (tertiary/aromatic N) is 3. The molecular weight excluding hydrogens is 474 g/mol. The summed E-state index contributed by atoms with van der Waals surface area (Å²) in [6.45, 7) is 6.86. The number of nitrogens with one attached hydrogen (secondary N) is 1. The molecule has 0 saturated carbocycles. The molecule has 28 heavy (non-hydrogen) atoms. The van der Waals surface area contributed by atoms with Crippen molar-refractivity contribution in [3.8, 4) is 0 Å². The van der Waals surface area contributed by atoms with E-state index in [1.165, 1.54) is 12.1 Å². The summed E-state index contributed by atoms with van der Waals surface area (Å²) in [7, 11) is 1.83. The molecule has 0 unspecified atom stereocenters. The van der Waals surface area contributed by atoms with Gasteiger partial charge in [0.15, 0.2) is 5.96 Å². The van der Waals surface area contributed by atoms with Crippen molar-refractivity contribution in [2.45, 2.75) is 25.4 Å². The van der Waals surface area contributed by atoms with Gasteiger partial charge in [0.25, 0.3) is 0 Å². The smallest absolute Gasteiger partial charge is 0.193 e. The van der Waals surface area contributed by atoms with Crippen molar-refractivity contribution in [3.05, 3.63) is 30.1 Å². The minimum absolute atomic E-state index is 0. The molecule has 158 valence electrons. The molecule has 1 aromatic rings. The SMILES string of the molecule is CN=C(NCCCOC1CCOCC1)N1CCN(c2ccc(F)cc2)CC1.I. The molecular formula is C20H32FIN4O2. The van der Waals surface area contributed by atoms with Gasteiger partial charge in [0.1, 0.15) is 5.82 Å². The van der Waals surface area contributed by atoms with Crippen LogP contribution in [0, 0.1) is 5.82 Å². The molecule has 2 aliphatic heterocycles. The zero-order chi connectivity index (χ0) is 18.9. The predicted molar refractivity (Wildman–Crippen MR) is 121 cm³/mol. The van der Waals surface area contributed by atoms with Gasteiger partial charge in [-0.1, -0.05) is 0 Å². The van der Waals surface area contributed by atoms with E-state index in [9.17, 15) is 4.39 Å². The molecule has 0 spiro atoms. The minimum Gasteiger partial charge on any atom is -0.381 e. The highest BCUT2D eigenvalue weighted by Gasteiger charge is 2.20. The highest BCUT2D eigenvalue weighted by atomic mass is 127. The summed E-state index contributed by atoms with van der Waals surface area (Å²) in [5.41, 5.74) is 1.07. The molecule has 0 aliphatic carbocycles. The molecule has 2 heterocycles. The lowest BCUT2D eigenvalue weighted by atomic mass is 10.1. The standard InChI is InChI=1S/C20H31FN4O2.HI/c1-22-20(23-9-2-14-27-19-7-15-26-16-8-19)25-12-10-24(11-13-25)18-5-3-17(21)4-6-18;/h3-6,19H,2,7-16H2,1H3,(H,22,23);1H. The highest BCUT2D eigenvalue weighted by Crippen LogP contribution is 2.17. The Labute approximate surface area is 184 Å². The second-order valence-electron chi connectivity index (χ2n) is 6.96. The molecule has 0 atom stereocenters. The number of rotatable bonds is 6. The van der Waals surface area contributed by atoms with Crippen molar-refractivity contribution in [2.24, 2.45) is 4.99 Å². The molecule has 0 radical (unpaired) electrons. The van der Waals surface area contributed by atoms with Crippen LogP contribution in [0.15, 0.2) is 29.3 Å². The van der Waals surface area contributed by atoms with Gasteiger partial charge in [0, 0.05) is 65.3 Å². The van der Waals surface area contributed by atoms with Crippen LogP contribution in [0.4, 0.5) is 10.1 Å². The van der Waals surface area contributed by atoms with Crippen molar-refractivity contribution in [3.63, 3.8) is 0 Å². The van der Waals surface area contributed by atoms with Gasteiger partial charge in [-0.2, -0.15) is 0 Å². The van der Waals surface area contributed by atoms with Crippen LogP contribution >= 0.6 is 24.0 Å². The lowest BCUT2D eigenvalue weighted by molar-refractivity contribution is -0.0320. The highest BCUT2D eigenvalue weighted by molar-refractivity contribution is 14.0. The van der Waals surface area contributed by atoms with E-state index in [1.54, 1.807) is 0 Å². The first-order valence-electron chi connectivity index (χ1n) is 9.92. The Bertz CT molecular complexity index is 588. The molecule has 0 bridgehead atoms. The Hall–Kier alpha value is -1.13. The lowest BCUT2D eigenvalue weighted by Gasteiger charge is -2.37. The Morgan fingerprint density at radius 2 is 1.86 bits per heavy atom. The molecule has 2 aliphatic rings. The van der Waals surface area contributed by atoms with Crippen LogP contribution in [-0.2, 0) is 9.47 Å². The van der Waals surface area contributed by atoms with Gasteiger partial charge < -0.3 is 24.6 Å². The topological polar surface area (TPSA) is 49.3 Å². The first kappa shape index (κ1) is 23.2. The molecule has 1 aromatic carbocycles. The summed E-state index contributed by atoms with van der Waals surface area (Å²) in [6, 6.07) is 6.72. The molecule has 8 heteroatoms. The third-order valence-electron chi connectivity index (χ3n) is 5.11. The van der Waals surface area contributed by atoms with E-state index in [-0.39, 0.29) is 29.8 Å². The van der Waals surface area contributed by atoms with E-state index >= 15 is 0 Å². The minimum atomic E-state index is -0.192. The fourth-order valence-corrected chi connectivity index (χ4v) is 3.53. The van der Waals surface area contributed by atoms with Crippen molar-refractivity contribution >= 4 is 35.6 Å². The number of ether oxygens (including phenoxy) is 2. The summed E-state index contributed by atoms with van der Waals surface area (Å²) in [4.78, 5) is 8.97. The van der Waals surface area contributed by atoms with Gasteiger partial charge in [-0.25, -0.2) is 4.39 Å². The third-order valence-corrected chi connectivity index (χ3v) is 5.11. The van der Waals surface area contributed by atoms with Gasteiger partial charge >= 0.3 is 0 Å². The molecule has 3 rings (SSSR count). The van der Waals surface area contributed by atoms with Crippen molar-refractivity contribution in [1.29, 1.82) is 0 Å². The Kier molecular flexibility index (Phi) is 10.3. The van der Waals surface area contributed by atoms with Gasteiger partial charge in [0.2, 0.25) is 0 Å². The van der Waals surface area contributed by atoms with E-state index in [2.05, 4.69) is 20.1 Å². The third kappa shape index (κ3) is 7.04. The van der Waals surface area contributed by atoms with Gasteiger partial charge in [-0.05, 0) is 43.5 Å². The summed E-state index contributed by atoms with van der Waals surface area (Å²) in [6.07, 6.45) is 3.34. The van der Waals surface area contributed by atoms with Crippen LogP contribution in [0.2, 0.25) is 0 Å². The number of guanidine groups is 1. The number of piperazine rings is 1. The van der Waals surface area contributed by atoms with E-state index in [0.29, 0.717) is 6.10 Å². The van der Waals surface area contributed by atoms with Crippen LogP contribution in [0.1, 0.15) is 19.3 Å². The van der Waals surface area contributed by atoms with E-state index in [4.69, 9.17) is 9.47 Å². The number of aliphatic imine (C=N–C) groups is 1. The maximum atomic E-state index is 13.1. The monoisotopic (exact) mass is 506 g/mol. The van der Waals surface area contributed by atoms with Gasteiger partial charge in [-0.3, -0.25) is 4.99 Å². The zero-order valence-electron chi connectivity index (χ0n) is 16.6. The number of hydrogen-bond acceptors (Lipinski definition) is 4. The summed E-state index contributed by atoms with van der Waals surface area (Å²) in [5, 5.41) is 3.44. The van der Waals surface area contributed by atoms with Crippen LogP contribution in [0.25, 0.3) is 0 Å². The van der Waals surface area contributed by atoms with E-state index in [1.807, 2.05) is 19.2 Å². The maximum Gasteiger partial charge on any atom is 0.193 e. The van der Waals surface area contributed by atoms with E-state index < -0.39 is 0 Å². The van der Waals surface area contributed by atoms with E-state index in [0.717, 1.165) is 83.5 Å². The molecule has 6 nitrogen and oxygen atoms in total. The van der Waals surface area contributed by atoms with Crippen LogP contribution < -0.4 is 10.2 Å². The lowest BCUT2D eigenvalue weighted by Crippen LogP contribution is -2.52. The zero-order valence-corrected chi connectivity index (χ0v) is 18.9. The Morgan fingerprint density at radius 3 is 2.50 bits per heavy atom. The van der Waals surface area contributed by atoms with Crippen molar-refractivity contribution < 1.29 is 13.9 Å². The molecule has 1 N–H and O–H groups in total. The van der Waals surface area contributed by atoms with Crippen LogP contribution in [-0.4, -0.2) is 76.6 Å². The fourth-order valence-electron chi connectivity index (χ4n) is 3.53. The van der Waals surface area contributed by atoms with Crippen molar-refractivity contribution in [1.82, 2.24) is 10.2 Å². The normalized spacial score (nSPS) is 18.7. The molecule has 0 aromatic heterocycles.